The van der Waals surface area contributed by atoms with Crippen LogP contribution in [0.5, 0.6) is 0 Å². The molecule has 1 saturated heterocycles. The lowest BCUT2D eigenvalue weighted by molar-refractivity contribution is 0.0719. The van der Waals surface area contributed by atoms with Crippen LogP contribution in [0, 0.1) is 12.7 Å². The second kappa shape index (κ2) is 7.33. The van der Waals surface area contributed by atoms with Crippen molar-refractivity contribution in [3.05, 3.63) is 52.2 Å². The highest BCUT2D eigenvalue weighted by molar-refractivity contribution is 7.18. The number of amides is 2. The molecular weight excluding hydrogens is 341 g/mol. The molecule has 0 atom stereocenters. The summed E-state index contributed by atoms with van der Waals surface area (Å²) in [6, 6.07) is 7.42. The summed E-state index contributed by atoms with van der Waals surface area (Å²) < 4.78 is 13.2. The van der Waals surface area contributed by atoms with E-state index in [-0.39, 0.29) is 17.5 Å². The molecule has 2 heterocycles. The zero-order valence-corrected chi connectivity index (χ0v) is 14.7. The molecular formula is C18H20FN3O2S. The molecule has 2 aromatic rings. The smallest absolute Gasteiger partial charge is 0.264 e. The fraction of sp³-hybridized carbons (Fsp3) is 0.333. The van der Waals surface area contributed by atoms with Gasteiger partial charge < -0.3 is 16.0 Å². The number of aryl methyl sites for hydroxylation is 1. The van der Waals surface area contributed by atoms with Crippen molar-refractivity contribution in [2.45, 2.75) is 25.8 Å². The number of hydrogen-bond acceptors (Lipinski definition) is 4. The normalized spacial score (nSPS) is 15.2. The van der Waals surface area contributed by atoms with Gasteiger partial charge in [-0.25, -0.2) is 4.39 Å². The predicted octanol–water partition coefficient (Wildman–Crippen LogP) is 3.01. The van der Waals surface area contributed by atoms with E-state index in [9.17, 15) is 14.0 Å². The number of halogens is 1. The van der Waals surface area contributed by atoms with Crippen LogP contribution in [0.2, 0.25) is 0 Å². The molecule has 0 saturated carbocycles. The fourth-order valence-electron chi connectivity index (χ4n) is 2.82. The largest absolute Gasteiger partial charge is 0.338 e. The molecule has 3 N–H and O–H groups in total. The van der Waals surface area contributed by atoms with Gasteiger partial charge in [-0.2, -0.15) is 0 Å². The van der Waals surface area contributed by atoms with Crippen molar-refractivity contribution in [2.24, 2.45) is 5.73 Å². The van der Waals surface area contributed by atoms with Crippen molar-refractivity contribution in [3.63, 3.8) is 0 Å². The van der Waals surface area contributed by atoms with Crippen LogP contribution < -0.4 is 11.1 Å². The molecule has 25 heavy (non-hydrogen) atoms. The Morgan fingerprint density at radius 1 is 1.28 bits per heavy atom. The Hall–Kier alpha value is -2.25. The minimum Gasteiger partial charge on any atom is -0.338 e. The summed E-state index contributed by atoms with van der Waals surface area (Å²) >= 11 is 1.24. The Balaban J connectivity index is 1.72. The molecule has 0 aliphatic carbocycles. The Morgan fingerprint density at radius 2 is 2.00 bits per heavy atom. The summed E-state index contributed by atoms with van der Waals surface area (Å²) in [4.78, 5) is 27.3. The third-order valence-corrected chi connectivity index (χ3v) is 5.40. The monoisotopic (exact) mass is 361 g/mol. The summed E-state index contributed by atoms with van der Waals surface area (Å²) in [6.07, 6.45) is 1.61. The molecule has 5 nitrogen and oxygen atoms in total. The third-order valence-electron chi connectivity index (χ3n) is 4.26. The zero-order chi connectivity index (χ0) is 18.0. The lowest BCUT2D eigenvalue weighted by Crippen LogP contribution is -2.42. The SMILES string of the molecule is Cc1cc(NC(=O)c2cccc(F)c2)sc1C(=O)N1CCC(N)CC1. The predicted molar refractivity (Wildman–Crippen MR) is 96.5 cm³/mol. The van der Waals surface area contributed by atoms with Crippen molar-refractivity contribution in [1.29, 1.82) is 0 Å². The maximum absolute atomic E-state index is 13.2. The molecule has 0 spiro atoms. The highest BCUT2D eigenvalue weighted by Crippen LogP contribution is 2.29. The van der Waals surface area contributed by atoms with Crippen molar-refractivity contribution in [3.8, 4) is 0 Å². The van der Waals surface area contributed by atoms with E-state index in [0.717, 1.165) is 18.4 Å². The van der Waals surface area contributed by atoms with E-state index in [2.05, 4.69) is 5.32 Å². The van der Waals surface area contributed by atoms with Gasteiger partial charge >= 0.3 is 0 Å². The lowest BCUT2D eigenvalue weighted by Gasteiger charge is -2.30. The number of piperidine rings is 1. The first-order valence-corrected chi connectivity index (χ1v) is 8.98. The first-order chi connectivity index (χ1) is 11.9. The Bertz CT molecular complexity index is 797. The molecule has 2 amide bonds. The van der Waals surface area contributed by atoms with Gasteiger partial charge in [-0.1, -0.05) is 6.07 Å². The van der Waals surface area contributed by atoms with Gasteiger partial charge in [0.2, 0.25) is 0 Å². The molecule has 0 radical (unpaired) electrons. The van der Waals surface area contributed by atoms with Crippen molar-refractivity contribution in [2.75, 3.05) is 18.4 Å². The highest BCUT2D eigenvalue weighted by Gasteiger charge is 2.24. The molecule has 1 aromatic heterocycles. The number of thiophene rings is 1. The first kappa shape index (κ1) is 17.6. The number of carbonyl (C=O) groups is 2. The van der Waals surface area contributed by atoms with Crippen molar-refractivity contribution < 1.29 is 14.0 Å². The van der Waals surface area contributed by atoms with E-state index in [1.54, 1.807) is 17.0 Å². The quantitative estimate of drug-likeness (QED) is 0.882. The van der Waals surface area contributed by atoms with Gasteiger partial charge in [0.1, 0.15) is 5.82 Å². The molecule has 132 valence electrons. The number of rotatable bonds is 3. The van der Waals surface area contributed by atoms with Gasteiger partial charge in [-0.3, -0.25) is 9.59 Å². The number of anilines is 1. The lowest BCUT2D eigenvalue weighted by atomic mass is 10.1. The summed E-state index contributed by atoms with van der Waals surface area (Å²) in [7, 11) is 0. The van der Waals surface area contributed by atoms with Crippen LogP contribution in [0.3, 0.4) is 0 Å². The fourth-order valence-corrected chi connectivity index (χ4v) is 3.85. The van der Waals surface area contributed by atoms with E-state index in [4.69, 9.17) is 5.73 Å². The number of hydrogen-bond donors (Lipinski definition) is 2. The number of nitrogens with two attached hydrogens (primary N) is 1. The van der Waals surface area contributed by atoms with Gasteiger partial charge in [0.15, 0.2) is 0 Å². The van der Waals surface area contributed by atoms with Crippen molar-refractivity contribution in [1.82, 2.24) is 4.90 Å². The van der Waals surface area contributed by atoms with E-state index in [0.29, 0.717) is 23.0 Å². The standard InChI is InChI=1S/C18H20FN3O2S/c1-11-9-15(21-17(23)12-3-2-4-13(19)10-12)25-16(11)18(24)22-7-5-14(20)6-8-22/h2-4,9-10,14H,5-8,20H2,1H3,(H,21,23). The Kier molecular flexibility index (Phi) is 5.15. The average Bonchev–Trinajstić information content (AvgIpc) is 2.95. The number of benzene rings is 1. The van der Waals surface area contributed by atoms with Gasteiger partial charge in [0.05, 0.1) is 9.88 Å². The topological polar surface area (TPSA) is 75.4 Å². The zero-order valence-electron chi connectivity index (χ0n) is 13.9. The maximum atomic E-state index is 13.2. The molecule has 1 aliphatic rings. The van der Waals surface area contributed by atoms with E-state index in [1.807, 2.05) is 6.92 Å². The minimum absolute atomic E-state index is 0.0272. The van der Waals surface area contributed by atoms with Crippen LogP contribution >= 0.6 is 11.3 Å². The molecule has 1 fully saturated rings. The van der Waals surface area contributed by atoms with Gasteiger partial charge in [-0.05, 0) is 49.6 Å². The summed E-state index contributed by atoms with van der Waals surface area (Å²) in [5.41, 5.74) is 6.94. The van der Waals surface area contributed by atoms with E-state index < -0.39 is 11.7 Å². The van der Waals surface area contributed by atoms with Crippen LogP contribution in [0.15, 0.2) is 30.3 Å². The van der Waals surface area contributed by atoms with E-state index in [1.165, 1.54) is 29.5 Å². The number of nitrogens with zero attached hydrogens (tertiary/aromatic N) is 1. The second-order valence-electron chi connectivity index (χ2n) is 6.22. The van der Waals surface area contributed by atoms with Crippen LogP contribution in [0.4, 0.5) is 9.39 Å². The highest BCUT2D eigenvalue weighted by atomic mass is 32.1. The van der Waals surface area contributed by atoms with Crippen LogP contribution in [0.25, 0.3) is 0 Å². The summed E-state index contributed by atoms with van der Waals surface area (Å²) in [5.74, 6) is -0.890. The third kappa shape index (κ3) is 4.05. The Morgan fingerprint density at radius 3 is 2.68 bits per heavy atom. The van der Waals surface area contributed by atoms with Gasteiger partial charge in [0.25, 0.3) is 11.8 Å². The van der Waals surface area contributed by atoms with Crippen LogP contribution in [0.1, 0.15) is 38.4 Å². The van der Waals surface area contributed by atoms with E-state index >= 15 is 0 Å². The molecule has 0 bridgehead atoms. The average molecular weight is 361 g/mol. The summed E-state index contributed by atoms with van der Waals surface area (Å²) in [6.45, 7) is 3.15. The molecule has 3 rings (SSSR count). The molecule has 1 aromatic carbocycles. The molecule has 1 aliphatic heterocycles. The Labute approximate surface area is 149 Å². The maximum Gasteiger partial charge on any atom is 0.264 e. The number of carbonyl (C=O) groups excluding carboxylic acids is 2. The first-order valence-electron chi connectivity index (χ1n) is 8.16. The number of likely N-dealkylation sites (tertiary alicyclic amines) is 1. The second-order valence-corrected chi connectivity index (χ2v) is 7.27. The van der Waals surface area contributed by atoms with Gasteiger partial charge in [-0.15, -0.1) is 11.3 Å². The van der Waals surface area contributed by atoms with Crippen LogP contribution in [-0.4, -0.2) is 35.8 Å². The summed E-state index contributed by atoms with van der Waals surface area (Å²) in [5, 5.41) is 3.31. The van der Waals surface area contributed by atoms with Crippen LogP contribution in [-0.2, 0) is 0 Å². The minimum atomic E-state index is -0.464. The molecule has 7 heteroatoms. The van der Waals surface area contributed by atoms with Gasteiger partial charge in [0, 0.05) is 24.7 Å². The van der Waals surface area contributed by atoms with Crippen molar-refractivity contribution >= 4 is 28.2 Å². The number of nitrogens with one attached hydrogen (secondary N) is 1. The molecule has 0 unspecified atom stereocenters.